The standard InChI is InChI=1S/C77H126O6/c1-4-7-10-13-16-19-22-25-28-31-33-34-35-36-37-38-39-40-41-42-43-44-45-47-49-52-55-58-61-64-67-70-76(79)82-73-74(72-81-75(78)69-66-63-60-57-54-51-48-30-27-24-21-18-15-12-9-6-3)83-77(80)71-68-65-62-59-56-53-50-46-32-29-26-23-20-17-14-11-8-5-2/h7,10,16,19,21,24-25,28-30,32-34,36-37,39-40,42-43,45,47-48,52,55,74H,4-6,8-9,11-15,17-18,20,22-23,26-27,31,35,38,41,44,46,49-51,53-54,56-73H2,1-3H3/b10-7-,19-16-,24-21-,28-25-,32-29-,34-33-,37-36-,40-39-,43-42-,47-45-,48-30-,55-52-. The summed E-state index contributed by atoms with van der Waals surface area (Å²) in [5.74, 6) is -0.948. The van der Waals surface area contributed by atoms with E-state index >= 15 is 0 Å². The van der Waals surface area contributed by atoms with E-state index in [9.17, 15) is 14.4 Å². The fourth-order valence-electron chi connectivity index (χ4n) is 9.17. The largest absolute Gasteiger partial charge is 0.462 e. The molecule has 1 atom stereocenters. The minimum absolute atomic E-state index is 0.101. The number of hydrogen-bond donors (Lipinski definition) is 0. The molecule has 0 radical (unpaired) electrons. The van der Waals surface area contributed by atoms with Crippen LogP contribution in [0.1, 0.15) is 303 Å². The molecule has 0 saturated heterocycles. The molecule has 0 N–H and O–H groups in total. The van der Waals surface area contributed by atoms with Crippen molar-refractivity contribution in [2.75, 3.05) is 13.2 Å². The summed E-state index contributed by atoms with van der Waals surface area (Å²) in [5.41, 5.74) is 0. The number of rotatable bonds is 61. The van der Waals surface area contributed by atoms with Crippen molar-refractivity contribution in [1.29, 1.82) is 0 Å². The van der Waals surface area contributed by atoms with Gasteiger partial charge in [-0.1, -0.05) is 282 Å². The molecule has 0 aliphatic heterocycles. The summed E-state index contributed by atoms with van der Waals surface area (Å²) in [6, 6.07) is 0. The maximum Gasteiger partial charge on any atom is 0.306 e. The second kappa shape index (κ2) is 69.8. The topological polar surface area (TPSA) is 78.9 Å². The van der Waals surface area contributed by atoms with Gasteiger partial charge in [-0.25, -0.2) is 0 Å². The third-order valence-electron chi connectivity index (χ3n) is 14.3. The zero-order valence-electron chi connectivity index (χ0n) is 53.9. The Kier molecular flexibility index (Phi) is 65.8. The van der Waals surface area contributed by atoms with Crippen LogP contribution in [-0.4, -0.2) is 37.2 Å². The first-order chi connectivity index (χ1) is 41.0. The van der Waals surface area contributed by atoms with Crippen LogP contribution in [0.3, 0.4) is 0 Å². The predicted octanol–water partition coefficient (Wildman–Crippen LogP) is 23.9. The monoisotopic (exact) mass is 1150 g/mol. The first-order valence-electron chi connectivity index (χ1n) is 34.3. The van der Waals surface area contributed by atoms with E-state index in [-0.39, 0.29) is 31.1 Å². The highest BCUT2D eigenvalue weighted by atomic mass is 16.6. The number of allylic oxidation sites excluding steroid dienone is 24. The molecule has 0 saturated carbocycles. The Bertz CT molecular complexity index is 1800. The van der Waals surface area contributed by atoms with Gasteiger partial charge < -0.3 is 14.2 Å². The van der Waals surface area contributed by atoms with Gasteiger partial charge in [-0.15, -0.1) is 0 Å². The van der Waals surface area contributed by atoms with E-state index < -0.39 is 6.10 Å². The maximum atomic E-state index is 12.9. The fraction of sp³-hybridized carbons (Fsp3) is 0.649. The molecular weight excluding hydrogens is 1020 g/mol. The van der Waals surface area contributed by atoms with Crippen LogP contribution >= 0.6 is 0 Å². The van der Waals surface area contributed by atoms with Crippen molar-refractivity contribution < 1.29 is 28.6 Å². The lowest BCUT2D eigenvalue weighted by molar-refractivity contribution is -0.167. The van der Waals surface area contributed by atoms with Gasteiger partial charge >= 0.3 is 17.9 Å². The highest BCUT2D eigenvalue weighted by Gasteiger charge is 2.19. The minimum atomic E-state index is -0.808. The van der Waals surface area contributed by atoms with Crippen LogP contribution in [0.25, 0.3) is 0 Å². The van der Waals surface area contributed by atoms with Crippen LogP contribution in [0.5, 0.6) is 0 Å². The zero-order chi connectivity index (χ0) is 59.9. The molecule has 0 aromatic heterocycles. The van der Waals surface area contributed by atoms with E-state index in [4.69, 9.17) is 14.2 Å². The first-order valence-corrected chi connectivity index (χ1v) is 34.3. The number of carbonyl (C=O) groups is 3. The predicted molar refractivity (Wildman–Crippen MR) is 362 cm³/mol. The second-order valence-corrected chi connectivity index (χ2v) is 22.3. The van der Waals surface area contributed by atoms with Crippen LogP contribution < -0.4 is 0 Å². The van der Waals surface area contributed by atoms with Crippen LogP contribution in [0.2, 0.25) is 0 Å². The molecule has 0 rings (SSSR count). The third-order valence-corrected chi connectivity index (χ3v) is 14.3. The Morgan fingerprint density at radius 3 is 0.771 bits per heavy atom. The SMILES string of the molecule is CC/C=C\C/C=C\C/C=C\C/C=C\C/C=C\C/C=C\C/C=C\C/C=C\C/C=C\CCCCCC(=O)OCC(COC(=O)CCCCCCC/C=C\C/C=C\CCCCCC)OC(=O)CCCCCCCCC/C=C\CCCCCCCCC. The number of hydrogen-bond acceptors (Lipinski definition) is 6. The normalized spacial score (nSPS) is 13.0. The number of ether oxygens (including phenoxy) is 3. The minimum Gasteiger partial charge on any atom is -0.462 e. The summed E-state index contributed by atoms with van der Waals surface area (Å²) in [5, 5.41) is 0. The molecule has 6 heteroatoms. The van der Waals surface area contributed by atoms with Crippen molar-refractivity contribution in [3.8, 4) is 0 Å². The number of esters is 3. The average Bonchev–Trinajstić information content (AvgIpc) is 3.49. The molecule has 83 heavy (non-hydrogen) atoms. The Morgan fingerprint density at radius 2 is 0.470 bits per heavy atom. The van der Waals surface area contributed by atoms with Crippen molar-refractivity contribution in [3.05, 3.63) is 146 Å². The van der Waals surface area contributed by atoms with Crippen molar-refractivity contribution in [3.63, 3.8) is 0 Å². The van der Waals surface area contributed by atoms with Crippen LogP contribution in [0, 0.1) is 0 Å². The van der Waals surface area contributed by atoms with E-state index in [0.717, 1.165) is 148 Å². The lowest BCUT2D eigenvalue weighted by atomic mass is 10.1. The first kappa shape index (κ1) is 78.3. The van der Waals surface area contributed by atoms with Crippen molar-refractivity contribution in [2.24, 2.45) is 0 Å². The highest BCUT2D eigenvalue weighted by Crippen LogP contribution is 2.15. The van der Waals surface area contributed by atoms with E-state index in [0.29, 0.717) is 19.3 Å². The molecule has 0 bridgehead atoms. The average molecular weight is 1150 g/mol. The molecule has 0 amide bonds. The summed E-state index contributed by atoms with van der Waals surface area (Å²) in [6.07, 6.45) is 100.0. The molecule has 0 aliphatic carbocycles. The van der Waals surface area contributed by atoms with Crippen LogP contribution in [-0.2, 0) is 28.6 Å². The molecule has 470 valence electrons. The summed E-state index contributed by atoms with van der Waals surface area (Å²) in [7, 11) is 0. The summed E-state index contributed by atoms with van der Waals surface area (Å²) < 4.78 is 16.9. The number of unbranched alkanes of at least 4 members (excludes halogenated alkanes) is 26. The van der Waals surface area contributed by atoms with Gasteiger partial charge in [0.05, 0.1) is 0 Å². The molecule has 1 unspecified atom stereocenters. The summed E-state index contributed by atoms with van der Waals surface area (Å²) >= 11 is 0. The van der Waals surface area contributed by atoms with Crippen molar-refractivity contribution >= 4 is 17.9 Å². The van der Waals surface area contributed by atoms with Crippen LogP contribution in [0.15, 0.2) is 146 Å². The summed E-state index contributed by atoms with van der Waals surface area (Å²) in [4.78, 5) is 38.4. The van der Waals surface area contributed by atoms with Gasteiger partial charge in [0.2, 0.25) is 0 Å². The lowest BCUT2D eigenvalue weighted by Gasteiger charge is -2.18. The third kappa shape index (κ3) is 68.0. The van der Waals surface area contributed by atoms with E-state index in [1.165, 1.54) is 116 Å². The van der Waals surface area contributed by atoms with Crippen molar-refractivity contribution in [1.82, 2.24) is 0 Å². The van der Waals surface area contributed by atoms with Gasteiger partial charge in [0.1, 0.15) is 13.2 Å². The van der Waals surface area contributed by atoms with Gasteiger partial charge in [0.25, 0.3) is 0 Å². The Balaban J connectivity index is 4.44. The van der Waals surface area contributed by atoms with Gasteiger partial charge in [-0.3, -0.25) is 14.4 Å². The van der Waals surface area contributed by atoms with Gasteiger partial charge in [-0.05, 0) is 148 Å². The van der Waals surface area contributed by atoms with Gasteiger partial charge in [-0.2, -0.15) is 0 Å². The van der Waals surface area contributed by atoms with Gasteiger partial charge in [0.15, 0.2) is 6.10 Å². The molecule has 0 heterocycles. The zero-order valence-corrected chi connectivity index (χ0v) is 53.9. The Labute approximate surface area is 512 Å². The lowest BCUT2D eigenvalue weighted by Crippen LogP contribution is -2.30. The molecular formula is C77H126O6. The molecule has 0 aromatic rings. The second-order valence-electron chi connectivity index (χ2n) is 22.3. The molecule has 0 aliphatic rings. The highest BCUT2D eigenvalue weighted by molar-refractivity contribution is 5.71. The number of carbonyl (C=O) groups excluding carboxylic acids is 3. The fourth-order valence-corrected chi connectivity index (χ4v) is 9.17. The van der Waals surface area contributed by atoms with E-state index in [2.05, 4.69) is 167 Å². The summed E-state index contributed by atoms with van der Waals surface area (Å²) in [6.45, 7) is 6.48. The Morgan fingerprint density at radius 1 is 0.253 bits per heavy atom. The molecule has 0 aromatic carbocycles. The maximum absolute atomic E-state index is 12.9. The molecule has 0 spiro atoms. The quantitative estimate of drug-likeness (QED) is 0.0261. The Hall–Kier alpha value is -4.71. The van der Waals surface area contributed by atoms with Crippen molar-refractivity contribution in [2.45, 2.75) is 309 Å². The van der Waals surface area contributed by atoms with E-state index in [1.807, 2.05) is 0 Å². The van der Waals surface area contributed by atoms with E-state index in [1.54, 1.807) is 0 Å². The smallest absolute Gasteiger partial charge is 0.306 e. The van der Waals surface area contributed by atoms with Gasteiger partial charge in [0, 0.05) is 19.3 Å². The molecule has 6 nitrogen and oxygen atoms in total. The molecule has 0 fully saturated rings. The van der Waals surface area contributed by atoms with Crippen LogP contribution in [0.4, 0.5) is 0 Å².